The summed E-state index contributed by atoms with van der Waals surface area (Å²) in [5, 5.41) is 0. The van der Waals surface area contributed by atoms with E-state index < -0.39 is 0 Å². The van der Waals surface area contributed by atoms with Crippen LogP contribution in [0.5, 0.6) is 11.5 Å². The predicted octanol–water partition coefficient (Wildman–Crippen LogP) is 4.34. The Morgan fingerprint density at radius 2 is 1.48 bits per heavy atom. The van der Waals surface area contributed by atoms with Crippen molar-refractivity contribution in [3.8, 4) is 11.5 Å². The Bertz CT molecular complexity index is 855. The van der Waals surface area contributed by atoms with Crippen LogP contribution >= 0.6 is 0 Å². The molecular weight excluding hydrogens is 364 g/mol. The highest BCUT2D eigenvalue weighted by atomic mass is 16.5. The summed E-state index contributed by atoms with van der Waals surface area (Å²) in [5.41, 5.74) is 0.861. The number of carbonyl (C=O) groups is 2. The van der Waals surface area contributed by atoms with Crippen LogP contribution in [0.2, 0.25) is 0 Å². The van der Waals surface area contributed by atoms with E-state index in [0.717, 1.165) is 63.4 Å². The molecule has 2 saturated heterocycles. The molecule has 2 fully saturated rings. The third-order valence-corrected chi connectivity index (χ3v) is 6.30. The zero-order valence-electron chi connectivity index (χ0n) is 17.0. The predicted molar refractivity (Wildman–Crippen MR) is 112 cm³/mol. The molecule has 0 atom stereocenters. The topological polar surface area (TPSA) is 49.9 Å². The number of rotatable bonds is 3. The molecule has 0 radical (unpaired) electrons. The van der Waals surface area contributed by atoms with Crippen LogP contribution in [0.3, 0.4) is 0 Å². The van der Waals surface area contributed by atoms with E-state index in [2.05, 4.69) is 0 Å². The maximum Gasteiger partial charge on any atom is 0.253 e. The molecule has 29 heavy (non-hydrogen) atoms. The Balaban J connectivity index is 1.39. The van der Waals surface area contributed by atoms with Gasteiger partial charge in [-0.3, -0.25) is 9.59 Å². The van der Waals surface area contributed by atoms with E-state index in [0.29, 0.717) is 5.56 Å². The standard InChI is InChI=1S/C24H28N2O3/c1-19(27)25-16-13-24(14-17-25)12-5-15-26(18-24)23(28)20-8-10-22(11-9-20)29-21-6-3-2-4-7-21/h2-4,6-11H,5,12-18H2,1H3. The van der Waals surface area contributed by atoms with Gasteiger partial charge in [-0.2, -0.15) is 0 Å². The average molecular weight is 392 g/mol. The van der Waals surface area contributed by atoms with Crippen LogP contribution < -0.4 is 4.74 Å². The van der Waals surface area contributed by atoms with Gasteiger partial charge in [-0.1, -0.05) is 18.2 Å². The highest BCUT2D eigenvalue weighted by Gasteiger charge is 2.40. The van der Waals surface area contributed by atoms with Gasteiger partial charge < -0.3 is 14.5 Å². The summed E-state index contributed by atoms with van der Waals surface area (Å²) < 4.78 is 5.82. The number of likely N-dealkylation sites (tertiary alicyclic amines) is 2. The lowest BCUT2D eigenvalue weighted by molar-refractivity contribution is -0.131. The number of amides is 2. The maximum atomic E-state index is 13.1. The Morgan fingerprint density at radius 1 is 0.828 bits per heavy atom. The molecular formula is C24H28N2O3. The lowest BCUT2D eigenvalue weighted by Crippen LogP contribution is -2.51. The van der Waals surface area contributed by atoms with Crippen molar-refractivity contribution in [3.05, 3.63) is 60.2 Å². The normalized spacial score (nSPS) is 18.5. The zero-order valence-corrected chi connectivity index (χ0v) is 17.0. The molecule has 2 aromatic carbocycles. The fraction of sp³-hybridized carbons (Fsp3) is 0.417. The first-order valence-electron chi connectivity index (χ1n) is 10.4. The van der Waals surface area contributed by atoms with Crippen molar-refractivity contribution in [3.63, 3.8) is 0 Å². The van der Waals surface area contributed by atoms with Gasteiger partial charge >= 0.3 is 0 Å². The number of para-hydroxylation sites is 1. The fourth-order valence-electron chi connectivity index (χ4n) is 4.56. The Labute approximate surface area is 172 Å². The SMILES string of the molecule is CC(=O)N1CCC2(CCCN(C(=O)c3ccc(Oc4ccccc4)cc3)C2)CC1. The molecule has 0 saturated carbocycles. The lowest BCUT2D eigenvalue weighted by atomic mass is 9.72. The van der Waals surface area contributed by atoms with Gasteiger partial charge in [0.15, 0.2) is 0 Å². The van der Waals surface area contributed by atoms with Gasteiger partial charge in [-0.15, -0.1) is 0 Å². The van der Waals surface area contributed by atoms with Crippen molar-refractivity contribution in [1.29, 1.82) is 0 Å². The Kier molecular flexibility index (Phi) is 5.56. The number of carbonyl (C=O) groups excluding carboxylic acids is 2. The summed E-state index contributed by atoms with van der Waals surface area (Å²) in [6.07, 6.45) is 4.15. The summed E-state index contributed by atoms with van der Waals surface area (Å²) in [6.45, 7) is 4.85. The third-order valence-electron chi connectivity index (χ3n) is 6.30. The minimum absolute atomic E-state index is 0.0873. The van der Waals surface area contributed by atoms with Gasteiger partial charge in [0.1, 0.15) is 11.5 Å². The molecule has 1 spiro atoms. The van der Waals surface area contributed by atoms with Gasteiger partial charge in [-0.05, 0) is 67.5 Å². The summed E-state index contributed by atoms with van der Waals surface area (Å²) >= 11 is 0. The number of benzene rings is 2. The highest BCUT2D eigenvalue weighted by molar-refractivity contribution is 5.94. The van der Waals surface area contributed by atoms with E-state index in [1.165, 1.54) is 0 Å². The van der Waals surface area contributed by atoms with E-state index in [1.807, 2.05) is 64.4 Å². The molecule has 152 valence electrons. The second-order valence-corrected chi connectivity index (χ2v) is 8.28. The Morgan fingerprint density at radius 3 is 2.14 bits per heavy atom. The first-order valence-corrected chi connectivity index (χ1v) is 10.4. The van der Waals surface area contributed by atoms with Gasteiger partial charge in [0, 0.05) is 38.7 Å². The van der Waals surface area contributed by atoms with Gasteiger partial charge in [0.05, 0.1) is 0 Å². The third kappa shape index (κ3) is 4.44. The van der Waals surface area contributed by atoms with Gasteiger partial charge in [0.2, 0.25) is 5.91 Å². The van der Waals surface area contributed by atoms with E-state index in [4.69, 9.17) is 4.74 Å². The maximum absolute atomic E-state index is 13.1. The summed E-state index contributed by atoms with van der Waals surface area (Å²) in [5.74, 6) is 1.74. The van der Waals surface area contributed by atoms with E-state index in [9.17, 15) is 9.59 Å². The van der Waals surface area contributed by atoms with Crippen LogP contribution in [-0.4, -0.2) is 47.8 Å². The number of piperidine rings is 2. The van der Waals surface area contributed by atoms with Crippen LogP contribution in [0.1, 0.15) is 43.0 Å². The van der Waals surface area contributed by atoms with Crippen LogP contribution in [0, 0.1) is 5.41 Å². The molecule has 0 aliphatic carbocycles. The smallest absolute Gasteiger partial charge is 0.253 e. The number of hydrogen-bond donors (Lipinski definition) is 0. The highest BCUT2D eigenvalue weighted by Crippen LogP contribution is 2.40. The molecule has 2 aliphatic rings. The van der Waals surface area contributed by atoms with E-state index in [1.54, 1.807) is 6.92 Å². The second kappa shape index (κ2) is 8.27. The molecule has 5 nitrogen and oxygen atoms in total. The van der Waals surface area contributed by atoms with E-state index in [-0.39, 0.29) is 17.2 Å². The van der Waals surface area contributed by atoms with Crippen molar-refractivity contribution in [1.82, 2.24) is 9.80 Å². The molecule has 5 heteroatoms. The monoisotopic (exact) mass is 392 g/mol. The van der Waals surface area contributed by atoms with Gasteiger partial charge in [-0.25, -0.2) is 0 Å². The van der Waals surface area contributed by atoms with Crippen LogP contribution in [-0.2, 0) is 4.79 Å². The molecule has 2 aromatic rings. The first kappa shape index (κ1) is 19.5. The van der Waals surface area contributed by atoms with Crippen molar-refractivity contribution >= 4 is 11.8 Å². The largest absolute Gasteiger partial charge is 0.457 e. The molecule has 0 aromatic heterocycles. The minimum Gasteiger partial charge on any atom is -0.457 e. The Hall–Kier alpha value is -2.82. The summed E-state index contributed by atoms with van der Waals surface area (Å²) in [6, 6.07) is 17.0. The lowest BCUT2D eigenvalue weighted by Gasteiger charge is -2.47. The van der Waals surface area contributed by atoms with Crippen LogP contribution in [0.4, 0.5) is 0 Å². The fourth-order valence-corrected chi connectivity index (χ4v) is 4.56. The number of ether oxygens (including phenoxy) is 1. The summed E-state index contributed by atoms with van der Waals surface area (Å²) in [4.78, 5) is 28.6. The van der Waals surface area contributed by atoms with Gasteiger partial charge in [0.25, 0.3) is 5.91 Å². The summed E-state index contributed by atoms with van der Waals surface area (Å²) in [7, 11) is 0. The molecule has 2 aliphatic heterocycles. The van der Waals surface area contributed by atoms with Crippen molar-refractivity contribution < 1.29 is 14.3 Å². The average Bonchev–Trinajstić information content (AvgIpc) is 2.75. The minimum atomic E-state index is 0.0873. The molecule has 0 unspecified atom stereocenters. The molecule has 4 rings (SSSR count). The molecule has 2 heterocycles. The zero-order chi connectivity index (χ0) is 20.3. The second-order valence-electron chi connectivity index (χ2n) is 8.28. The quantitative estimate of drug-likeness (QED) is 0.781. The van der Waals surface area contributed by atoms with Crippen molar-refractivity contribution in [2.24, 2.45) is 5.41 Å². The van der Waals surface area contributed by atoms with Crippen molar-refractivity contribution in [2.45, 2.75) is 32.6 Å². The van der Waals surface area contributed by atoms with E-state index >= 15 is 0 Å². The number of nitrogens with zero attached hydrogens (tertiary/aromatic N) is 2. The molecule has 0 bridgehead atoms. The van der Waals surface area contributed by atoms with Crippen molar-refractivity contribution in [2.75, 3.05) is 26.2 Å². The molecule has 2 amide bonds. The van der Waals surface area contributed by atoms with Crippen LogP contribution in [0.15, 0.2) is 54.6 Å². The number of hydrogen-bond acceptors (Lipinski definition) is 3. The first-order chi connectivity index (χ1) is 14.0. The molecule has 0 N–H and O–H groups in total. The van der Waals surface area contributed by atoms with Crippen LogP contribution in [0.25, 0.3) is 0 Å².